The number of nitrogens with one attached hydrogen (secondary N) is 1. The number of aryl methyl sites for hydroxylation is 1. The molecular weight excluding hydrogens is 388 g/mol. The van der Waals surface area contributed by atoms with Gasteiger partial charge in [-0.05, 0) is 78.1 Å². The molecule has 2 N–H and O–H groups in total. The van der Waals surface area contributed by atoms with E-state index in [1.165, 1.54) is 10.8 Å². The number of halogens is 1. The Morgan fingerprint density at radius 3 is 2.64 bits per heavy atom. The first kappa shape index (κ1) is 20.4. The lowest BCUT2D eigenvalue weighted by atomic mass is 10.1. The highest BCUT2D eigenvalue weighted by Crippen LogP contribution is 2.21. The number of nitrogens with zero attached hydrogens (tertiary/aromatic N) is 3. The van der Waals surface area contributed by atoms with Gasteiger partial charge in [-0.15, -0.1) is 0 Å². The van der Waals surface area contributed by atoms with Gasteiger partial charge in [-0.3, -0.25) is 4.57 Å². The second kappa shape index (κ2) is 9.72. The van der Waals surface area contributed by atoms with Crippen LogP contribution >= 0.6 is 11.6 Å². The third-order valence-corrected chi connectivity index (χ3v) is 4.76. The summed E-state index contributed by atoms with van der Waals surface area (Å²) in [6, 6.07) is 7.32. The first-order valence-electron chi connectivity index (χ1n) is 9.16. The quantitative estimate of drug-likeness (QED) is 0.482. The minimum Gasteiger partial charge on any atom is -0.491 e. The number of ether oxygens (including phenoxy) is 2. The molecule has 2 heterocycles. The van der Waals surface area contributed by atoms with E-state index < -0.39 is 11.0 Å². The number of aromatic nitrogens is 2. The summed E-state index contributed by atoms with van der Waals surface area (Å²) < 4.78 is 13.0. The minimum absolute atomic E-state index is 0.0177. The Morgan fingerprint density at radius 2 is 2.00 bits per heavy atom. The lowest BCUT2D eigenvalue weighted by Crippen LogP contribution is -2.34. The molecule has 1 saturated heterocycles. The van der Waals surface area contributed by atoms with Crippen molar-refractivity contribution < 1.29 is 19.5 Å². The summed E-state index contributed by atoms with van der Waals surface area (Å²) >= 11 is 5.85. The van der Waals surface area contributed by atoms with Gasteiger partial charge in [0.2, 0.25) is 0 Å². The van der Waals surface area contributed by atoms with E-state index in [0.717, 1.165) is 31.7 Å². The number of imidazole rings is 1. The van der Waals surface area contributed by atoms with E-state index in [-0.39, 0.29) is 23.8 Å². The van der Waals surface area contributed by atoms with Crippen molar-refractivity contribution in [2.24, 2.45) is 0 Å². The van der Waals surface area contributed by atoms with Crippen LogP contribution in [0.25, 0.3) is 0 Å². The van der Waals surface area contributed by atoms with Crippen LogP contribution in [0, 0.1) is 10.1 Å². The number of hydrogen-bond donors (Lipinski definition) is 2. The van der Waals surface area contributed by atoms with E-state index in [9.17, 15) is 15.2 Å². The molecule has 0 bridgehead atoms. The van der Waals surface area contributed by atoms with Gasteiger partial charge in [0.1, 0.15) is 30.4 Å². The minimum atomic E-state index is -0.747. The van der Waals surface area contributed by atoms with Crippen molar-refractivity contribution in [3.63, 3.8) is 0 Å². The van der Waals surface area contributed by atoms with Crippen molar-refractivity contribution in [3.8, 4) is 11.5 Å². The van der Waals surface area contributed by atoms with Gasteiger partial charge in [0, 0.05) is 6.54 Å². The van der Waals surface area contributed by atoms with Crippen LogP contribution in [-0.2, 0) is 6.54 Å². The van der Waals surface area contributed by atoms with Crippen molar-refractivity contribution in [1.82, 2.24) is 14.9 Å². The van der Waals surface area contributed by atoms with E-state index in [2.05, 4.69) is 10.3 Å². The monoisotopic (exact) mass is 410 g/mol. The summed E-state index contributed by atoms with van der Waals surface area (Å²) in [4.78, 5) is 13.7. The van der Waals surface area contributed by atoms with E-state index in [1.807, 2.05) is 12.1 Å². The molecule has 1 aliphatic heterocycles. The average molecular weight is 411 g/mol. The maximum absolute atomic E-state index is 10.7. The van der Waals surface area contributed by atoms with Crippen LogP contribution in [0.3, 0.4) is 0 Å². The Morgan fingerprint density at radius 1 is 1.32 bits per heavy atom. The topological polar surface area (TPSA) is 112 Å². The van der Waals surface area contributed by atoms with Gasteiger partial charge >= 0.3 is 11.1 Å². The summed E-state index contributed by atoms with van der Waals surface area (Å²) in [6.07, 6.45) is 3.05. The highest BCUT2D eigenvalue weighted by molar-refractivity contribution is 6.28. The molecule has 1 aromatic heterocycles. The normalized spacial score (nSPS) is 15.9. The third kappa shape index (κ3) is 5.82. The fraction of sp³-hybridized carbons (Fsp3) is 0.500. The standard InChI is InChI=1S/C18H23ClN4O5/c19-18-21-17(23(25)26)11-22(18)10-7-13(24)12-27-14-1-3-15(4-2-14)28-16-5-8-20-9-6-16/h1-4,11,13,16,20,24H,5-10,12H2/t13-/m1/s1. The van der Waals surface area contributed by atoms with Crippen LogP contribution in [0.5, 0.6) is 11.5 Å². The van der Waals surface area contributed by atoms with Gasteiger partial charge in [0.05, 0.1) is 6.10 Å². The average Bonchev–Trinajstić information content (AvgIpc) is 3.08. The predicted molar refractivity (Wildman–Crippen MR) is 103 cm³/mol. The molecular formula is C18H23ClN4O5. The Hall–Kier alpha value is -2.36. The number of aliphatic hydroxyl groups is 1. The van der Waals surface area contributed by atoms with Crippen LogP contribution in [0.2, 0.25) is 5.28 Å². The number of rotatable bonds is 9. The van der Waals surface area contributed by atoms with Crippen LogP contribution in [0.15, 0.2) is 30.5 Å². The van der Waals surface area contributed by atoms with Crippen molar-refractivity contribution >= 4 is 17.4 Å². The Kier molecular flexibility index (Phi) is 7.07. The largest absolute Gasteiger partial charge is 0.491 e. The van der Waals surface area contributed by atoms with Crippen molar-refractivity contribution in [2.45, 2.75) is 38.0 Å². The smallest absolute Gasteiger partial charge is 0.383 e. The fourth-order valence-electron chi connectivity index (χ4n) is 2.91. The van der Waals surface area contributed by atoms with Gasteiger partial charge in [-0.1, -0.05) is 0 Å². The van der Waals surface area contributed by atoms with E-state index in [4.69, 9.17) is 21.1 Å². The Balaban J connectivity index is 1.41. The molecule has 1 atom stereocenters. The molecule has 10 heteroatoms. The second-order valence-corrected chi connectivity index (χ2v) is 6.95. The van der Waals surface area contributed by atoms with Gasteiger partial charge in [0.25, 0.3) is 0 Å². The lowest BCUT2D eigenvalue weighted by molar-refractivity contribution is -0.389. The number of piperidine rings is 1. The van der Waals surface area contributed by atoms with E-state index >= 15 is 0 Å². The highest BCUT2D eigenvalue weighted by Gasteiger charge is 2.18. The molecule has 0 unspecified atom stereocenters. The SMILES string of the molecule is O=[N+]([O-])c1cn(CC[C@@H](O)COc2ccc(OC3CCNCC3)cc2)c(Cl)n1. The molecule has 152 valence electrons. The number of benzene rings is 1. The first-order valence-corrected chi connectivity index (χ1v) is 9.54. The van der Waals surface area contributed by atoms with Crippen LogP contribution < -0.4 is 14.8 Å². The number of hydrogen-bond acceptors (Lipinski definition) is 7. The molecule has 0 saturated carbocycles. The number of aliphatic hydroxyl groups excluding tert-OH is 1. The van der Waals surface area contributed by atoms with E-state index in [1.54, 1.807) is 12.1 Å². The van der Waals surface area contributed by atoms with Crippen LogP contribution in [0.4, 0.5) is 5.82 Å². The zero-order valence-corrected chi connectivity index (χ0v) is 16.0. The number of nitro groups is 1. The fourth-order valence-corrected chi connectivity index (χ4v) is 3.13. The molecule has 9 nitrogen and oxygen atoms in total. The lowest BCUT2D eigenvalue weighted by Gasteiger charge is -2.23. The molecule has 0 amide bonds. The molecule has 28 heavy (non-hydrogen) atoms. The molecule has 1 fully saturated rings. The maximum Gasteiger partial charge on any atom is 0.383 e. The molecule has 0 aliphatic carbocycles. The van der Waals surface area contributed by atoms with Gasteiger partial charge in [-0.25, -0.2) is 0 Å². The molecule has 2 aromatic rings. The first-order chi connectivity index (χ1) is 13.5. The molecule has 1 aliphatic rings. The van der Waals surface area contributed by atoms with Crippen molar-refractivity contribution in [2.75, 3.05) is 19.7 Å². The Bertz CT molecular complexity index is 777. The summed E-state index contributed by atoms with van der Waals surface area (Å²) in [7, 11) is 0. The van der Waals surface area contributed by atoms with Crippen molar-refractivity contribution in [1.29, 1.82) is 0 Å². The van der Waals surface area contributed by atoms with E-state index in [0.29, 0.717) is 18.7 Å². The second-order valence-electron chi connectivity index (χ2n) is 6.61. The third-order valence-electron chi connectivity index (χ3n) is 4.46. The Labute approximate surface area is 167 Å². The molecule has 3 rings (SSSR count). The summed E-state index contributed by atoms with van der Waals surface area (Å²) in [6.45, 7) is 2.35. The zero-order chi connectivity index (χ0) is 19.9. The summed E-state index contributed by atoms with van der Waals surface area (Å²) in [5.74, 6) is 1.12. The van der Waals surface area contributed by atoms with Crippen molar-refractivity contribution in [3.05, 3.63) is 45.9 Å². The predicted octanol–water partition coefficient (Wildman–Crippen LogP) is 2.41. The summed E-state index contributed by atoms with van der Waals surface area (Å²) in [5, 5.41) is 24.1. The van der Waals surface area contributed by atoms with Gasteiger partial charge in [-0.2, -0.15) is 0 Å². The maximum atomic E-state index is 10.7. The summed E-state index contributed by atoms with van der Waals surface area (Å²) in [5.41, 5.74) is 0. The molecule has 0 radical (unpaired) electrons. The van der Waals surface area contributed by atoms with Gasteiger partial charge in [0.15, 0.2) is 0 Å². The van der Waals surface area contributed by atoms with Crippen LogP contribution in [0.1, 0.15) is 19.3 Å². The van der Waals surface area contributed by atoms with Crippen LogP contribution in [-0.4, -0.2) is 51.5 Å². The zero-order valence-electron chi connectivity index (χ0n) is 15.3. The molecule has 1 aromatic carbocycles. The highest BCUT2D eigenvalue weighted by atomic mass is 35.5. The molecule has 0 spiro atoms. The van der Waals surface area contributed by atoms with Gasteiger partial charge < -0.3 is 30.0 Å².